The zero-order chi connectivity index (χ0) is 17.8. The molecule has 1 aromatic heterocycles. The van der Waals surface area contributed by atoms with Crippen LogP contribution in [0.5, 0.6) is 0 Å². The van der Waals surface area contributed by atoms with Crippen LogP contribution in [0.25, 0.3) is 0 Å². The van der Waals surface area contributed by atoms with Gasteiger partial charge in [0, 0.05) is 0 Å². The highest BCUT2D eigenvalue weighted by molar-refractivity contribution is 5.92. The van der Waals surface area contributed by atoms with Crippen molar-refractivity contribution in [3.8, 4) is 6.07 Å². The fourth-order valence-corrected chi connectivity index (χ4v) is 2.67. The van der Waals surface area contributed by atoms with Crippen molar-refractivity contribution in [3.63, 3.8) is 0 Å². The first-order valence-corrected chi connectivity index (χ1v) is 7.64. The Balaban J connectivity index is 1.90. The number of rotatable bonds is 4. The van der Waals surface area contributed by atoms with E-state index in [9.17, 15) is 10.1 Å². The Morgan fingerprint density at radius 2 is 2.04 bits per heavy atom. The van der Waals surface area contributed by atoms with Crippen LogP contribution in [-0.2, 0) is 20.9 Å². The summed E-state index contributed by atoms with van der Waals surface area (Å²) in [5, 5.41) is 9.48. The van der Waals surface area contributed by atoms with Crippen LogP contribution < -0.4 is 5.73 Å². The molecule has 126 valence electrons. The first kappa shape index (κ1) is 16.4. The number of nitrogens with two attached hydrogens (primary N) is 1. The third kappa shape index (κ3) is 3.26. The van der Waals surface area contributed by atoms with E-state index in [4.69, 9.17) is 19.6 Å². The fourth-order valence-electron chi connectivity index (χ4n) is 2.67. The standard InChI is InChI=1S/C19H16N2O4/c1-12-14(10-20)16(15-8-5-9-23-15)17(18(21)25-12)19(22)24-11-13-6-3-2-4-7-13/h2-9,16H,11,21H2,1H3. The topological polar surface area (TPSA) is 98.5 Å². The molecule has 0 fully saturated rings. The second-order valence-corrected chi connectivity index (χ2v) is 5.47. The highest BCUT2D eigenvalue weighted by Gasteiger charge is 2.38. The molecule has 1 aliphatic rings. The van der Waals surface area contributed by atoms with Gasteiger partial charge in [0.15, 0.2) is 0 Å². The van der Waals surface area contributed by atoms with E-state index >= 15 is 0 Å². The van der Waals surface area contributed by atoms with Crippen molar-refractivity contribution >= 4 is 5.97 Å². The minimum atomic E-state index is -0.753. The number of nitriles is 1. The molecule has 6 nitrogen and oxygen atoms in total. The molecular weight excluding hydrogens is 320 g/mol. The van der Waals surface area contributed by atoms with Crippen molar-refractivity contribution in [1.29, 1.82) is 5.26 Å². The summed E-state index contributed by atoms with van der Waals surface area (Å²) in [6, 6.07) is 14.7. The van der Waals surface area contributed by atoms with Gasteiger partial charge >= 0.3 is 5.97 Å². The molecule has 0 spiro atoms. The average Bonchev–Trinajstić information content (AvgIpc) is 3.14. The molecule has 6 heteroatoms. The van der Waals surface area contributed by atoms with E-state index in [2.05, 4.69) is 6.07 Å². The van der Waals surface area contributed by atoms with Crippen LogP contribution in [0.2, 0.25) is 0 Å². The number of ether oxygens (including phenoxy) is 2. The van der Waals surface area contributed by atoms with Gasteiger partial charge in [-0.15, -0.1) is 0 Å². The summed E-state index contributed by atoms with van der Waals surface area (Å²) in [7, 11) is 0. The van der Waals surface area contributed by atoms with Crippen LogP contribution in [0.3, 0.4) is 0 Å². The Morgan fingerprint density at radius 3 is 2.68 bits per heavy atom. The minimum absolute atomic E-state index is 0.0630. The number of allylic oxidation sites excluding steroid dienone is 2. The molecule has 1 aromatic carbocycles. The van der Waals surface area contributed by atoms with Gasteiger partial charge in [-0.3, -0.25) is 0 Å². The molecule has 3 rings (SSSR count). The van der Waals surface area contributed by atoms with E-state index in [1.54, 1.807) is 19.1 Å². The lowest BCUT2D eigenvalue weighted by Crippen LogP contribution is -2.26. The van der Waals surface area contributed by atoms with Gasteiger partial charge < -0.3 is 19.6 Å². The van der Waals surface area contributed by atoms with Crippen LogP contribution in [0, 0.1) is 11.3 Å². The molecular formula is C19H16N2O4. The molecule has 0 saturated heterocycles. The minimum Gasteiger partial charge on any atom is -0.468 e. The van der Waals surface area contributed by atoms with Gasteiger partial charge in [0.2, 0.25) is 5.88 Å². The normalized spacial score (nSPS) is 17.0. The molecule has 2 N–H and O–H groups in total. The van der Waals surface area contributed by atoms with Gasteiger partial charge in [-0.25, -0.2) is 4.79 Å². The molecule has 0 radical (unpaired) electrons. The molecule has 1 aliphatic heterocycles. The summed E-state index contributed by atoms with van der Waals surface area (Å²) in [5.74, 6) is -0.731. The molecule has 0 saturated carbocycles. The molecule has 0 amide bonds. The van der Waals surface area contributed by atoms with Crippen LogP contribution in [0.4, 0.5) is 0 Å². The van der Waals surface area contributed by atoms with Gasteiger partial charge in [-0.1, -0.05) is 30.3 Å². The number of hydrogen-bond acceptors (Lipinski definition) is 6. The Hall–Kier alpha value is -3.46. The highest BCUT2D eigenvalue weighted by atomic mass is 16.5. The van der Waals surface area contributed by atoms with Gasteiger partial charge in [-0.05, 0) is 24.6 Å². The van der Waals surface area contributed by atoms with E-state index in [-0.39, 0.29) is 23.6 Å². The zero-order valence-electron chi connectivity index (χ0n) is 13.6. The van der Waals surface area contributed by atoms with Crippen LogP contribution >= 0.6 is 0 Å². The van der Waals surface area contributed by atoms with Crippen LogP contribution in [0.1, 0.15) is 24.2 Å². The summed E-state index contributed by atoms with van der Waals surface area (Å²) >= 11 is 0. The van der Waals surface area contributed by atoms with E-state index < -0.39 is 11.9 Å². The van der Waals surface area contributed by atoms with Crippen molar-refractivity contribution in [2.45, 2.75) is 19.4 Å². The number of carbonyl (C=O) groups is 1. The maximum Gasteiger partial charge on any atom is 0.340 e. The largest absolute Gasteiger partial charge is 0.468 e. The first-order chi connectivity index (χ1) is 12.1. The van der Waals surface area contributed by atoms with E-state index in [1.165, 1.54) is 6.26 Å². The Labute approximate surface area is 144 Å². The lowest BCUT2D eigenvalue weighted by molar-refractivity contribution is -0.141. The lowest BCUT2D eigenvalue weighted by atomic mass is 9.87. The smallest absolute Gasteiger partial charge is 0.340 e. The third-order valence-electron chi connectivity index (χ3n) is 3.87. The Morgan fingerprint density at radius 1 is 1.28 bits per heavy atom. The number of benzene rings is 1. The summed E-state index contributed by atoms with van der Waals surface area (Å²) in [5.41, 5.74) is 7.09. The summed E-state index contributed by atoms with van der Waals surface area (Å²) in [6.45, 7) is 1.71. The van der Waals surface area contributed by atoms with E-state index in [0.717, 1.165) is 5.56 Å². The summed E-state index contributed by atoms with van der Waals surface area (Å²) < 4.78 is 16.1. The van der Waals surface area contributed by atoms with Crippen molar-refractivity contribution in [3.05, 3.63) is 82.8 Å². The predicted octanol–water partition coefficient (Wildman–Crippen LogP) is 3.10. The van der Waals surface area contributed by atoms with E-state index in [0.29, 0.717) is 11.5 Å². The third-order valence-corrected chi connectivity index (χ3v) is 3.87. The van der Waals surface area contributed by atoms with Crippen molar-refractivity contribution in [2.24, 2.45) is 5.73 Å². The highest BCUT2D eigenvalue weighted by Crippen LogP contribution is 2.39. The first-order valence-electron chi connectivity index (χ1n) is 7.64. The Bertz CT molecular complexity index is 874. The maximum absolute atomic E-state index is 12.6. The predicted molar refractivity (Wildman–Crippen MR) is 88.3 cm³/mol. The molecule has 0 aliphatic carbocycles. The van der Waals surface area contributed by atoms with E-state index in [1.807, 2.05) is 30.3 Å². The maximum atomic E-state index is 12.6. The second kappa shape index (κ2) is 6.97. The molecule has 0 bridgehead atoms. The lowest BCUT2D eigenvalue weighted by Gasteiger charge is -2.25. The Kier molecular flexibility index (Phi) is 4.57. The van der Waals surface area contributed by atoms with Crippen molar-refractivity contribution in [2.75, 3.05) is 0 Å². The van der Waals surface area contributed by atoms with Gasteiger partial charge in [-0.2, -0.15) is 5.26 Å². The molecule has 1 atom stereocenters. The SMILES string of the molecule is CC1=C(C#N)C(c2ccco2)C(C(=O)OCc2ccccc2)=C(N)O1. The molecule has 2 aromatic rings. The van der Waals surface area contributed by atoms with Crippen LogP contribution in [-0.4, -0.2) is 5.97 Å². The van der Waals surface area contributed by atoms with Gasteiger partial charge in [0.1, 0.15) is 23.7 Å². The summed E-state index contributed by atoms with van der Waals surface area (Å²) in [6.07, 6.45) is 1.47. The monoisotopic (exact) mass is 336 g/mol. The molecule has 25 heavy (non-hydrogen) atoms. The number of furan rings is 1. The van der Waals surface area contributed by atoms with Gasteiger partial charge in [0.05, 0.1) is 23.8 Å². The zero-order valence-corrected chi connectivity index (χ0v) is 13.6. The quantitative estimate of drug-likeness (QED) is 0.861. The van der Waals surface area contributed by atoms with Crippen LogP contribution in [0.15, 0.2) is 75.9 Å². The average molecular weight is 336 g/mol. The molecule has 2 heterocycles. The molecule has 1 unspecified atom stereocenters. The number of hydrogen-bond donors (Lipinski definition) is 1. The van der Waals surface area contributed by atoms with Crippen molar-refractivity contribution < 1.29 is 18.7 Å². The number of nitrogens with zero attached hydrogens (tertiary/aromatic N) is 1. The van der Waals surface area contributed by atoms with Gasteiger partial charge in [0.25, 0.3) is 0 Å². The second-order valence-electron chi connectivity index (χ2n) is 5.47. The number of esters is 1. The summed E-state index contributed by atoms with van der Waals surface area (Å²) in [4.78, 5) is 12.6. The fraction of sp³-hybridized carbons (Fsp3) is 0.158. The van der Waals surface area contributed by atoms with Crippen molar-refractivity contribution in [1.82, 2.24) is 0 Å². The number of carbonyl (C=O) groups excluding carboxylic acids is 1.